The number of phosphoric acid groups is 2. The second-order valence-corrected chi connectivity index (χ2v) is 17.7. The molecule has 0 aromatic heterocycles. The van der Waals surface area contributed by atoms with Crippen molar-refractivity contribution in [2.75, 3.05) is 26.4 Å². The second kappa shape index (κ2) is 36.0. The lowest BCUT2D eigenvalue weighted by atomic mass is 10.0. The number of unbranched alkanes of at least 4 members (excludes halogenated alkanes) is 11. The topological polar surface area (TPSA) is 236 Å². The third-order valence-electron chi connectivity index (χ3n) is 8.90. The van der Waals surface area contributed by atoms with E-state index < -0.39 is 78.4 Å². The molecule has 0 saturated heterocycles. The summed E-state index contributed by atoms with van der Waals surface area (Å²) < 4.78 is 47.5. The van der Waals surface area contributed by atoms with E-state index >= 15 is 0 Å². The molecule has 0 heterocycles. The molecule has 0 aliphatic heterocycles. The molecule has 0 aromatic rings. The summed E-state index contributed by atoms with van der Waals surface area (Å²) in [5, 5.41) is 30.4. The lowest BCUT2D eigenvalue weighted by Gasteiger charge is -2.20. The molecule has 0 saturated carbocycles. The molecule has 6 N–H and O–H groups in total. The summed E-state index contributed by atoms with van der Waals surface area (Å²) >= 11 is 0. The van der Waals surface area contributed by atoms with Crippen molar-refractivity contribution in [2.24, 2.45) is 5.92 Å². The largest absolute Gasteiger partial charge is 0.472 e. The van der Waals surface area contributed by atoms with Crippen LogP contribution in [-0.4, -0.2) is 92.8 Å². The Bertz CT molecular complexity index is 1220. The number of aliphatic hydroxyl groups excluding tert-OH is 3. The van der Waals surface area contributed by atoms with Crippen LogP contribution in [0.1, 0.15) is 156 Å². The summed E-state index contributed by atoms with van der Waals surface area (Å²) in [5.74, 6) is -0.582. The summed E-state index contributed by atoms with van der Waals surface area (Å²) in [4.78, 5) is 52.6. The van der Waals surface area contributed by atoms with E-state index in [-0.39, 0.29) is 32.1 Å². The van der Waals surface area contributed by atoms with Gasteiger partial charge in [0, 0.05) is 12.8 Å². The van der Waals surface area contributed by atoms with Crippen molar-refractivity contribution in [1.82, 2.24) is 0 Å². The zero-order valence-electron chi connectivity index (χ0n) is 35.3. The smallest absolute Gasteiger partial charge is 0.462 e. The van der Waals surface area contributed by atoms with Gasteiger partial charge in [0.1, 0.15) is 12.7 Å². The summed E-state index contributed by atoms with van der Waals surface area (Å²) in [6.07, 6.45) is 24.8. The van der Waals surface area contributed by atoms with Gasteiger partial charge in [-0.2, -0.15) is 0 Å². The fraction of sp³-hybridized carbons (Fsp3) is 0.805. The van der Waals surface area contributed by atoms with Crippen LogP contribution in [0.25, 0.3) is 0 Å². The normalized spacial score (nSPS) is 15.6. The van der Waals surface area contributed by atoms with Gasteiger partial charge in [-0.3, -0.25) is 23.2 Å². The maximum Gasteiger partial charge on any atom is 0.472 e. The number of rotatable bonds is 39. The first-order valence-corrected chi connectivity index (χ1v) is 24.2. The summed E-state index contributed by atoms with van der Waals surface area (Å²) in [6, 6.07) is 0. The summed E-state index contributed by atoms with van der Waals surface area (Å²) in [6.45, 7) is 3.65. The van der Waals surface area contributed by atoms with Crippen LogP contribution in [0.3, 0.4) is 0 Å². The molecule has 340 valence electrons. The molecule has 0 aromatic carbocycles. The van der Waals surface area contributed by atoms with Crippen LogP contribution < -0.4 is 0 Å². The molecule has 0 rings (SSSR count). The van der Waals surface area contributed by atoms with Gasteiger partial charge in [-0.05, 0) is 57.3 Å². The molecule has 0 aliphatic rings. The maximum absolute atomic E-state index is 12.6. The van der Waals surface area contributed by atoms with Gasteiger partial charge in [0.2, 0.25) is 0 Å². The highest BCUT2D eigenvalue weighted by Crippen LogP contribution is 2.43. The molecule has 0 radical (unpaired) electrons. The second-order valence-electron chi connectivity index (χ2n) is 15.1. The SMILES string of the molecule is CCCCC/C=C\C/C=C\C/C=C\CC(O)C(O)CCCC(=O)OC[C@H](COP(=O)(O)OC[C@@H](O)COP(=O)(O)O)OC(=O)CCCCCCCCCCCC(C)C. The van der Waals surface area contributed by atoms with E-state index in [2.05, 4.69) is 48.0 Å². The van der Waals surface area contributed by atoms with Gasteiger partial charge in [0.05, 0.1) is 32.0 Å². The highest BCUT2D eigenvalue weighted by molar-refractivity contribution is 7.47. The number of allylic oxidation sites excluding steroid dienone is 5. The highest BCUT2D eigenvalue weighted by atomic mass is 31.2. The van der Waals surface area contributed by atoms with Gasteiger partial charge in [0.25, 0.3) is 0 Å². The molecule has 3 unspecified atom stereocenters. The number of carbonyl (C=O) groups excluding carboxylic acids is 2. The van der Waals surface area contributed by atoms with Gasteiger partial charge < -0.3 is 39.5 Å². The minimum absolute atomic E-state index is 0.0711. The Labute approximate surface area is 347 Å². The van der Waals surface area contributed by atoms with Crippen molar-refractivity contribution in [2.45, 2.75) is 180 Å². The fourth-order valence-corrected chi connectivity index (χ4v) is 6.67. The zero-order valence-corrected chi connectivity index (χ0v) is 37.1. The molecule has 5 atom stereocenters. The van der Waals surface area contributed by atoms with Crippen molar-refractivity contribution >= 4 is 27.6 Å². The Kier molecular flexibility index (Phi) is 34.9. The van der Waals surface area contributed by atoms with E-state index in [0.29, 0.717) is 12.8 Å². The molecule has 0 bridgehead atoms. The van der Waals surface area contributed by atoms with Crippen molar-refractivity contribution in [1.29, 1.82) is 0 Å². The van der Waals surface area contributed by atoms with Crippen LogP contribution in [-0.2, 0) is 41.8 Å². The minimum atomic E-state index is -4.89. The molecule has 0 fully saturated rings. The van der Waals surface area contributed by atoms with Crippen LogP contribution in [0.2, 0.25) is 0 Å². The van der Waals surface area contributed by atoms with Gasteiger partial charge >= 0.3 is 27.6 Å². The molecule has 17 heteroatoms. The molecule has 0 spiro atoms. The monoisotopic (exact) mass is 870 g/mol. The van der Waals surface area contributed by atoms with E-state index in [9.17, 15) is 38.9 Å². The quantitative estimate of drug-likeness (QED) is 0.0147. The Hall–Kier alpha value is -1.74. The lowest BCUT2D eigenvalue weighted by molar-refractivity contribution is -0.161. The van der Waals surface area contributed by atoms with Crippen molar-refractivity contribution in [3.05, 3.63) is 36.5 Å². The van der Waals surface area contributed by atoms with Crippen molar-refractivity contribution in [3.63, 3.8) is 0 Å². The van der Waals surface area contributed by atoms with Crippen molar-refractivity contribution in [3.8, 4) is 0 Å². The van der Waals surface area contributed by atoms with Crippen LogP contribution in [0.4, 0.5) is 0 Å². The Morgan fingerprint density at radius 1 is 0.586 bits per heavy atom. The predicted molar refractivity (Wildman–Crippen MR) is 223 cm³/mol. The van der Waals surface area contributed by atoms with E-state index in [1.807, 2.05) is 12.2 Å². The number of phosphoric ester groups is 2. The third-order valence-corrected chi connectivity index (χ3v) is 10.3. The van der Waals surface area contributed by atoms with E-state index in [1.165, 1.54) is 51.4 Å². The number of hydrogen-bond donors (Lipinski definition) is 6. The summed E-state index contributed by atoms with van der Waals surface area (Å²) in [7, 11) is -9.76. The van der Waals surface area contributed by atoms with E-state index in [0.717, 1.165) is 44.4 Å². The highest BCUT2D eigenvalue weighted by Gasteiger charge is 2.28. The van der Waals surface area contributed by atoms with Gasteiger partial charge in [-0.1, -0.05) is 128 Å². The minimum Gasteiger partial charge on any atom is -0.462 e. The van der Waals surface area contributed by atoms with Gasteiger partial charge in [-0.25, -0.2) is 9.13 Å². The van der Waals surface area contributed by atoms with E-state index in [4.69, 9.17) is 23.8 Å². The molecular formula is C41H76O15P2. The Morgan fingerprint density at radius 3 is 1.76 bits per heavy atom. The number of hydrogen-bond acceptors (Lipinski definition) is 12. The van der Waals surface area contributed by atoms with Crippen LogP contribution in [0.5, 0.6) is 0 Å². The van der Waals surface area contributed by atoms with Gasteiger partial charge in [-0.15, -0.1) is 0 Å². The maximum atomic E-state index is 12.6. The fourth-order valence-electron chi connectivity index (χ4n) is 5.52. The van der Waals surface area contributed by atoms with Crippen molar-refractivity contribution < 1.29 is 71.8 Å². The third kappa shape index (κ3) is 38.5. The lowest BCUT2D eigenvalue weighted by Crippen LogP contribution is -2.30. The number of carbonyl (C=O) groups is 2. The van der Waals surface area contributed by atoms with Crippen LogP contribution in [0, 0.1) is 5.92 Å². The Morgan fingerprint density at radius 2 is 1.14 bits per heavy atom. The predicted octanol–water partition coefficient (Wildman–Crippen LogP) is 8.30. The first-order chi connectivity index (χ1) is 27.5. The molecule has 15 nitrogen and oxygen atoms in total. The average molecular weight is 871 g/mol. The van der Waals surface area contributed by atoms with E-state index in [1.54, 1.807) is 6.08 Å². The molecule has 58 heavy (non-hydrogen) atoms. The number of ether oxygens (including phenoxy) is 2. The standard InChI is InChI=1S/C41H76O15P2/c1-4-5-6-7-8-9-10-11-14-17-20-23-27-38(43)39(44)28-25-30-40(45)52-33-37(34-55-58(50,51)54-32-36(42)31-53-57(47,48)49)56-41(46)29-24-21-18-15-12-13-16-19-22-26-35(2)3/h8-9,11,14,20,23,35-39,42-44H,4-7,10,12-13,15-19,21-22,24-34H2,1-3H3,(H,50,51)(H2,47,48,49)/b9-8-,14-11-,23-20-/t36-,37+,38?,39?/m0/s1. The first kappa shape index (κ1) is 56.3. The molecule has 0 aliphatic carbocycles. The summed E-state index contributed by atoms with van der Waals surface area (Å²) in [5.41, 5.74) is 0. The molecular weight excluding hydrogens is 794 g/mol. The first-order valence-electron chi connectivity index (χ1n) is 21.2. The van der Waals surface area contributed by atoms with Crippen LogP contribution >= 0.6 is 15.6 Å². The van der Waals surface area contributed by atoms with Crippen LogP contribution in [0.15, 0.2) is 36.5 Å². The zero-order chi connectivity index (χ0) is 43.5. The van der Waals surface area contributed by atoms with Gasteiger partial charge in [0.15, 0.2) is 6.10 Å². The average Bonchev–Trinajstić information content (AvgIpc) is 3.16. The number of esters is 2. The molecule has 0 amide bonds. The number of aliphatic hydroxyl groups is 3. The Balaban J connectivity index is 4.76.